The number of nitrogens with zero attached hydrogens (tertiary/aromatic N) is 3. The minimum Gasteiger partial charge on any atom is -0.375 e. The zero-order valence-corrected chi connectivity index (χ0v) is 23.0. The molecule has 206 valence electrons. The number of fused-ring (bicyclic) bond motifs is 3. The Hall–Kier alpha value is -2.79. The molecule has 38 heavy (non-hydrogen) atoms. The number of rotatable bonds is 8. The summed E-state index contributed by atoms with van der Waals surface area (Å²) in [6.07, 6.45) is 5.62. The maximum Gasteiger partial charge on any atom is 0.329 e. The van der Waals surface area contributed by atoms with Crippen LogP contribution in [-0.2, 0) is 14.9 Å². The number of para-hydroxylation sites is 1. The molecule has 3 N–H and O–H groups in total. The van der Waals surface area contributed by atoms with Crippen LogP contribution in [0.25, 0.3) is 10.2 Å². The van der Waals surface area contributed by atoms with Gasteiger partial charge in [0.25, 0.3) is 5.91 Å². The van der Waals surface area contributed by atoms with Crippen molar-refractivity contribution in [1.29, 1.82) is 5.26 Å². The van der Waals surface area contributed by atoms with Crippen molar-refractivity contribution in [2.45, 2.75) is 57.7 Å². The van der Waals surface area contributed by atoms with Gasteiger partial charge in [0.1, 0.15) is 0 Å². The number of carbonyl (C=O) groups is 2. The molecule has 2 aromatic rings. The lowest BCUT2D eigenvalue weighted by Gasteiger charge is -2.31. The normalized spacial score (nSPS) is 23.3. The quantitative estimate of drug-likeness (QED) is 0.447. The molecular weight excluding hydrogens is 528 g/mol. The number of carbonyl (C=O) groups excluding carboxylic acids is 2. The van der Waals surface area contributed by atoms with Gasteiger partial charge in [-0.1, -0.05) is 12.1 Å². The first-order valence-electron chi connectivity index (χ1n) is 12.9. The third kappa shape index (κ3) is 7.19. The van der Waals surface area contributed by atoms with Crippen molar-refractivity contribution in [3.8, 4) is 6.07 Å². The van der Waals surface area contributed by atoms with E-state index < -0.39 is 16.2 Å². The molecular formula is C25H34N6O5S2. The number of ether oxygens (including phenoxy) is 1. The van der Waals surface area contributed by atoms with Gasteiger partial charge in [-0.05, 0) is 56.6 Å². The molecule has 0 spiro atoms. The minimum absolute atomic E-state index is 0.182. The summed E-state index contributed by atoms with van der Waals surface area (Å²) >= 11 is 1.37. The van der Waals surface area contributed by atoms with Crippen molar-refractivity contribution in [2.75, 3.05) is 26.2 Å². The van der Waals surface area contributed by atoms with Crippen LogP contribution in [0.4, 0.5) is 4.79 Å². The van der Waals surface area contributed by atoms with Crippen molar-refractivity contribution in [1.82, 2.24) is 24.6 Å². The van der Waals surface area contributed by atoms with Crippen molar-refractivity contribution in [3.63, 3.8) is 0 Å². The van der Waals surface area contributed by atoms with Crippen LogP contribution in [0.3, 0.4) is 0 Å². The average molecular weight is 563 g/mol. The number of nitriles is 1. The SMILES string of the molecule is CC#N.O=C(NC[C@@H]1C[C@@H]2CC[C@@H]1O2)NS(=O)(=O)N1CCC(CCNC(=O)c2nc3ccccc3s2)CC1. The summed E-state index contributed by atoms with van der Waals surface area (Å²) in [7, 11) is -3.88. The maximum absolute atomic E-state index is 12.6. The molecule has 0 saturated carbocycles. The van der Waals surface area contributed by atoms with Crippen molar-refractivity contribution < 1.29 is 22.7 Å². The Kier molecular flexibility index (Phi) is 9.54. The molecule has 13 heteroatoms. The van der Waals surface area contributed by atoms with E-state index in [0.717, 1.165) is 35.9 Å². The van der Waals surface area contributed by atoms with Crippen molar-refractivity contribution in [2.24, 2.45) is 11.8 Å². The first-order valence-corrected chi connectivity index (χ1v) is 15.2. The number of hydrogen-bond donors (Lipinski definition) is 3. The Bertz CT molecular complexity index is 1240. The molecule has 0 unspecified atom stereocenters. The molecule has 2 bridgehead atoms. The highest BCUT2D eigenvalue weighted by Crippen LogP contribution is 2.38. The van der Waals surface area contributed by atoms with E-state index in [4.69, 9.17) is 10.00 Å². The van der Waals surface area contributed by atoms with E-state index in [9.17, 15) is 18.0 Å². The first kappa shape index (κ1) is 28.2. The van der Waals surface area contributed by atoms with Gasteiger partial charge in [-0.2, -0.15) is 18.0 Å². The van der Waals surface area contributed by atoms with Gasteiger partial charge in [-0.3, -0.25) is 4.79 Å². The Morgan fingerprint density at radius 1 is 1.18 bits per heavy atom. The number of nitrogens with one attached hydrogen (secondary N) is 3. The second-order valence-electron chi connectivity index (χ2n) is 9.78. The van der Waals surface area contributed by atoms with Crippen LogP contribution in [-0.4, -0.2) is 68.0 Å². The molecule has 3 fully saturated rings. The van der Waals surface area contributed by atoms with Gasteiger partial charge in [-0.15, -0.1) is 11.3 Å². The van der Waals surface area contributed by atoms with Gasteiger partial charge in [0.15, 0.2) is 5.01 Å². The zero-order valence-electron chi connectivity index (χ0n) is 21.4. The summed E-state index contributed by atoms with van der Waals surface area (Å²) in [4.78, 5) is 29.0. The monoisotopic (exact) mass is 562 g/mol. The summed E-state index contributed by atoms with van der Waals surface area (Å²) in [6.45, 7) is 3.06. The molecule has 3 amide bonds. The van der Waals surface area contributed by atoms with E-state index in [1.165, 1.54) is 22.6 Å². The van der Waals surface area contributed by atoms with Gasteiger partial charge in [0.2, 0.25) is 0 Å². The summed E-state index contributed by atoms with van der Waals surface area (Å²) < 4.78 is 35.5. The van der Waals surface area contributed by atoms with Crippen LogP contribution in [0.2, 0.25) is 0 Å². The molecule has 0 aliphatic carbocycles. The number of piperidine rings is 1. The average Bonchev–Trinajstić information content (AvgIpc) is 3.64. The van der Waals surface area contributed by atoms with Crippen molar-refractivity contribution in [3.05, 3.63) is 29.3 Å². The number of benzene rings is 1. The second kappa shape index (κ2) is 12.8. The van der Waals surface area contributed by atoms with Gasteiger partial charge in [0.05, 0.1) is 28.5 Å². The van der Waals surface area contributed by atoms with E-state index in [1.54, 1.807) is 6.07 Å². The number of hydrogen-bond acceptors (Lipinski definition) is 8. The molecule has 1 aromatic heterocycles. The largest absolute Gasteiger partial charge is 0.375 e. The predicted molar refractivity (Wildman–Crippen MR) is 144 cm³/mol. The number of urea groups is 1. The van der Waals surface area contributed by atoms with Gasteiger partial charge in [0, 0.05) is 39.0 Å². The first-order chi connectivity index (χ1) is 18.3. The highest BCUT2D eigenvalue weighted by Gasteiger charge is 2.40. The molecule has 11 nitrogen and oxygen atoms in total. The van der Waals surface area contributed by atoms with E-state index in [1.807, 2.05) is 24.3 Å². The predicted octanol–water partition coefficient (Wildman–Crippen LogP) is 2.77. The topological polar surface area (TPSA) is 154 Å². The molecule has 1 aromatic carbocycles. The number of thiazole rings is 1. The molecule has 5 rings (SSSR count). The molecule has 3 aliphatic heterocycles. The third-order valence-corrected chi connectivity index (χ3v) is 9.74. The summed E-state index contributed by atoms with van der Waals surface area (Å²) in [5.41, 5.74) is 0.818. The van der Waals surface area contributed by atoms with Crippen LogP contribution in [0.15, 0.2) is 24.3 Å². The van der Waals surface area contributed by atoms with Crippen molar-refractivity contribution >= 4 is 43.7 Å². The lowest BCUT2D eigenvalue weighted by atomic mass is 9.89. The van der Waals surface area contributed by atoms with Crippen LogP contribution in [0.1, 0.15) is 55.3 Å². The Labute approximate surface area is 227 Å². The lowest BCUT2D eigenvalue weighted by molar-refractivity contribution is 0.0927. The van der Waals surface area contributed by atoms with Crippen LogP contribution >= 0.6 is 11.3 Å². The summed E-state index contributed by atoms with van der Waals surface area (Å²) in [6, 6.07) is 8.71. The van der Waals surface area contributed by atoms with E-state index in [-0.39, 0.29) is 17.9 Å². The Morgan fingerprint density at radius 3 is 2.58 bits per heavy atom. The number of amides is 3. The van der Waals surface area contributed by atoms with Gasteiger partial charge in [-0.25, -0.2) is 14.5 Å². The van der Waals surface area contributed by atoms with E-state index >= 15 is 0 Å². The fourth-order valence-electron chi connectivity index (χ4n) is 5.27. The summed E-state index contributed by atoms with van der Waals surface area (Å²) in [5.74, 6) is 0.384. The molecule has 0 radical (unpaired) electrons. The van der Waals surface area contributed by atoms with Gasteiger partial charge < -0.3 is 15.4 Å². The standard InChI is InChI=1S/C23H31N5O5S2.C2H3N/c29-21(22-26-18-3-1-2-4-20(18)34-22)24-10-7-15-8-11-28(12-9-15)35(31,32)27-23(30)25-14-16-13-17-5-6-19(16)33-17;1-2-3/h1-4,15-17,19H,5-14H2,(H,24,29)(H2,25,27,30);1H3/t16-,17-,19-;/m0./s1. The maximum atomic E-state index is 12.6. The lowest BCUT2D eigenvalue weighted by Crippen LogP contribution is -2.50. The highest BCUT2D eigenvalue weighted by molar-refractivity contribution is 7.87. The molecule has 3 atom stereocenters. The van der Waals surface area contributed by atoms with E-state index in [0.29, 0.717) is 56.1 Å². The van der Waals surface area contributed by atoms with E-state index in [2.05, 4.69) is 20.3 Å². The fraction of sp³-hybridized carbons (Fsp3) is 0.600. The highest BCUT2D eigenvalue weighted by atomic mass is 32.2. The minimum atomic E-state index is -3.88. The van der Waals surface area contributed by atoms with Crippen LogP contribution in [0.5, 0.6) is 0 Å². The smallest absolute Gasteiger partial charge is 0.329 e. The molecule has 3 aliphatic rings. The van der Waals surface area contributed by atoms with Crippen LogP contribution < -0.4 is 15.4 Å². The van der Waals surface area contributed by atoms with Crippen LogP contribution in [0, 0.1) is 23.2 Å². The molecule has 4 heterocycles. The fourth-order valence-corrected chi connectivity index (χ4v) is 7.28. The number of aromatic nitrogens is 1. The zero-order chi connectivity index (χ0) is 27.1. The third-order valence-electron chi connectivity index (χ3n) is 7.22. The second-order valence-corrected chi connectivity index (χ2v) is 12.5. The Balaban J connectivity index is 0.00000107. The Morgan fingerprint density at radius 2 is 1.92 bits per heavy atom. The van der Waals surface area contributed by atoms with Gasteiger partial charge >= 0.3 is 16.2 Å². The summed E-state index contributed by atoms with van der Waals surface area (Å²) in [5, 5.41) is 13.4. The molecule has 3 saturated heterocycles.